The molecule has 4 nitrogen and oxygen atoms in total. The van der Waals surface area contributed by atoms with Crippen molar-refractivity contribution in [3.63, 3.8) is 0 Å². The summed E-state index contributed by atoms with van der Waals surface area (Å²) in [5.41, 5.74) is 1.11. The van der Waals surface area contributed by atoms with E-state index in [4.69, 9.17) is 14.2 Å². The number of methoxy groups -OCH3 is 2. The second-order valence-corrected chi connectivity index (χ2v) is 4.92. The summed E-state index contributed by atoms with van der Waals surface area (Å²) in [7, 11) is 3.29. The molecule has 1 N–H and O–H groups in total. The Morgan fingerprint density at radius 3 is 2.74 bits per heavy atom. The predicted octanol–water partition coefficient (Wildman–Crippen LogP) is 2.22. The molecule has 1 atom stereocenters. The van der Waals surface area contributed by atoms with Crippen molar-refractivity contribution in [2.24, 2.45) is 5.92 Å². The molecule has 1 heterocycles. The van der Waals surface area contributed by atoms with E-state index in [1.54, 1.807) is 14.2 Å². The number of rotatable bonds is 6. The van der Waals surface area contributed by atoms with Gasteiger partial charge in [0, 0.05) is 6.54 Å². The number of piperidine rings is 1. The van der Waals surface area contributed by atoms with Gasteiger partial charge in [0.05, 0.1) is 27.4 Å². The first kappa shape index (κ1) is 14.2. The van der Waals surface area contributed by atoms with Gasteiger partial charge in [-0.05, 0) is 43.0 Å². The molecule has 1 aromatic rings. The first-order chi connectivity index (χ1) is 9.33. The molecule has 1 fully saturated rings. The normalized spacial score (nSPS) is 19.2. The highest BCUT2D eigenvalue weighted by atomic mass is 16.5. The minimum atomic E-state index is 0.622. The van der Waals surface area contributed by atoms with Gasteiger partial charge in [0.1, 0.15) is 0 Å². The van der Waals surface area contributed by atoms with Crippen LogP contribution in [0.3, 0.4) is 0 Å². The monoisotopic (exact) mass is 265 g/mol. The van der Waals surface area contributed by atoms with Gasteiger partial charge in [-0.2, -0.15) is 0 Å². The van der Waals surface area contributed by atoms with E-state index in [0.29, 0.717) is 12.5 Å². The molecule has 1 unspecified atom stereocenters. The molecule has 1 aromatic carbocycles. The zero-order valence-electron chi connectivity index (χ0n) is 11.8. The van der Waals surface area contributed by atoms with Crippen molar-refractivity contribution in [2.75, 3.05) is 33.9 Å². The van der Waals surface area contributed by atoms with Gasteiger partial charge in [0.25, 0.3) is 0 Å². The van der Waals surface area contributed by atoms with Gasteiger partial charge in [-0.3, -0.25) is 0 Å². The molecular formula is C15H23NO3. The second kappa shape index (κ2) is 7.36. The van der Waals surface area contributed by atoms with Crippen molar-refractivity contribution < 1.29 is 14.2 Å². The lowest BCUT2D eigenvalue weighted by Gasteiger charge is -2.22. The molecule has 1 aliphatic heterocycles. The predicted molar refractivity (Wildman–Crippen MR) is 74.8 cm³/mol. The van der Waals surface area contributed by atoms with Crippen LogP contribution in [0.4, 0.5) is 0 Å². The van der Waals surface area contributed by atoms with Crippen LogP contribution in [-0.4, -0.2) is 33.9 Å². The highest BCUT2D eigenvalue weighted by Crippen LogP contribution is 2.27. The highest BCUT2D eigenvalue weighted by Gasteiger charge is 2.13. The highest BCUT2D eigenvalue weighted by molar-refractivity contribution is 5.42. The molecule has 0 radical (unpaired) electrons. The SMILES string of the molecule is COc1ccc(COCC2CCCNC2)cc1OC. The van der Waals surface area contributed by atoms with Gasteiger partial charge in [-0.25, -0.2) is 0 Å². The fourth-order valence-corrected chi connectivity index (χ4v) is 2.38. The molecule has 0 aliphatic carbocycles. The van der Waals surface area contributed by atoms with Crippen LogP contribution < -0.4 is 14.8 Å². The fourth-order valence-electron chi connectivity index (χ4n) is 2.38. The van der Waals surface area contributed by atoms with Crippen LogP contribution in [0, 0.1) is 5.92 Å². The average molecular weight is 265 g/mol. The molecule has 1 saturated heterocycles. The minimum Gasteiger partial charge on any atom is -0.493 e. The molecule has 19 heavy (non-hydrogen) atoms. The molecule has 106 valence electrons. The van der Waals surface area contributed by atoms with Crippen molar-refractivity contribution in [3.8, 4) is 11.5 Å². The number of ether oxygens (including phenoxy) is 3. The molecule has 0 saturated carbocycles. The van der Waals surface area contributed by atoms with Gasteiger partial charge >= 0.3 is 0 Å². The molecule has 0 bridgehead atoms. The Kier molecular flexibility index (Phi) is 5.48. The van der Waals surface area contributed by atoms with E-state index < -0.39 is 0 Å². The zero-order valence-corrected chi connectivity index (χ0v) is 11.8. The second-order valence-electron chi connectivity index (χ2n) is 4.92. The molecule has 0 spiro atoms. The molecule has 4 heteroatoms. The lowest BCUT2D eigenvalue weighted by molar-refractivity contribution is 0.0781. The topological polar surface area (TPSA) is 39.7 Å². The Labute approximate surface area is 115 Å². The third kappa shape index (κ3) is 4.11. The van der Waals surface area contributed by atoms with E-state index >= 15 is 0 Å². The lowest BCUT2D eigenvalue weighted by atomic mass is 10.0. The smallest absolute Gasteiger partial charge is 0.161 e. The standard InChI is InChI=1S/C15H23NO3/c1-17-14-6-5-12(8-15(14)18-2)10-19-11-13-4-3-7-16-9-13/h5-6,8,13,16H,3-4,7,9-11H2,1-2H3. The van der Waals surface area contributed by atoms with Crippen LogP contribution in [-0.2, 0) is 11.3 Å². The molecule has 0 amide bonds. The van der Waals surface area contributed by atoms with Crippen LogP contribution >= 0.6 is 0 Å². The number of nitrogens with one attached hydrogen (secondary N) is 1. The van der Waals surface area contributed by atoms with E-state index in [1.165, 1.54) is 12.8 Å². The quantitative estimate of drug-likeness (QED) is 0.856. The summed E-state index contributed by atoms with van der Waals surface area (Å²) >= 11 is 0. The van der Waals surface area contributed by atoms with Crippen LogP contribution in [0.15, 0.2) is 18.2 Å². The summed E-state index contributed by atoms with van der Waals surface area (Å²) in [6.07, 6.45) is 2.52. The largest absolute Gasteiger partial charge is 0.493 e. The van der Waals surface area contributed by atoms with E-state index in [0.717, 1.165) is 36.8 Å². The van der Waals surface area contributed by atoms with Gasteiger partial charge in [-0.1, -0.05) is 6.07 Å². The number of benzene rings is 1. The third-order valence-electron chi connectivity index (χ3n) is 3.47. The Hall–Kier alpha value is -1.26. The van der Waals surface area contributed by atoms with Gasteiger partial charge in [0.15, 0.2) is 11.5 Å². The molecular weight excluding hydrogens is 242 g/mol. The first-order valence-corrected chi connectivity index (χ1v) is 6.83. The summed E-state index contributed by atoms with van der Waals surface area (Å²) < 4.78 is 16.3. The van der Waals surface area contributed by atoms with Crippen LogP contribution in [0.5, 0.6) is 11.5 Å². The van der Waals surface area contributed by atoms with E-state index in [2.05, 4.69) is 5.32 Å². The van der Waals surface area contributed by atoms with Gasteiger partial charge in [0.2, 0.25) is 0 Å². The van der Waals surface area contributed by atoms with E-state index in [9.17, 15) is 0 Å². The van der Waals surface area contributed by atoms with Crippen molar-refractivity contribution >= 4 is 0 Å². The average Bonchev–Trinajstić information content (AvgIpc) is 2.48. The maximum absolute atomic E-state index is 5.80. The molecule has 2 rings (SSSR count). The Bertz CT molecular complexity index is 389. The van der Waals surface area contributed by atoms with Gasteiger partial charge in [-0.15, -0.1) is 0 Å². The number of hydrogen-bond donors (Lipinski definition) is 1. The maximum Gasteiger partial charge on any atom is 0.161 e. The fraction of sp³-hybridized carbons (Fsp3) is 0.600. The Morgan fingerprint density at radius 1 is 1.21 bits per heavy atom. The first-order valence-electron chi connectivity index (χ1n) is 6.83. The summed E-state index contributed by atoms with van der Waals surface area (Å²) in [6.45, 7) is 3.66. The van der Waals surface area contributed by atoms with Crippen LogP contribution in [0.1, 0.15) is 18.4 Å². The number of hydrogen-bond acceptors (Lipinski definition) is 4. The lowest BCUT2D eigenvalue weighted by Crippen LogP contribution is -2.32. The van der Waals surface area contributed by atoms with Gasteiger partial charge < -0.3 is 19.5 Å². The zero-order chi connectivity index (χ0) is 13.5. The van der Waals surface area contributed by atoms with Crippen molar-refractivity contribution in [1.29, 1.82) is 0 Å². The Balaban J connectivity index is 1.81. The van der Waals surface area contributed by atoms with Crippen LogP contribution in [0.2, 0.25) is 0 Å². The van der Waals surface area contributed by atoms with Crippen molar-refractivity contribution in [2.45, 2.75) is 19.4 Å². The molecule has 1 aliphatic rings. The Morgan fingerprint density at radius 2 is 2.05 bits per heavy atom. The van der Waals surface area contributed by atoms with Crippen LogP contribution in [0.25, 0.3) is 0 Å². The van der Waals surface area contributed by atoms with E-state index in [-0.39, 0.29) is 0 Å². The summed E-state index contributed by atoms with van der Waals surface area (Å²) in [6, 6.07) is 5.90. The van der Waals surface area contributed by atoms with Crippen molar-refractivity contribution in [3.05, 3.63) is 23.8 Å². The molecule has 0 aromatic heterocycles. The summed E-state index contributed by atoms with van der Waals surface area (Å²) in [5.74, 6) is 2.15. The van der Waals surface area contributed by atoms with Crippen molar-refractivity contribution in [1.82, 2.24) is 5.32 Å². The summed E-state index contributed by atoms with van der Waals surface area (Å²) in [4.78, 5) is 0. The third-order valence-corrected chi connectivity index (χ3v) is 3.47. The maximum atomic E-state index is 5.80. The van der Waals surface area contributed by atoms with E-state index in [1.807, 2.05) is 18.2 Å². The summed E-state index contributed by atoms with van der Waals surface area (Å²) in [5, 5.41) is 3.40. The minimum absolute atomic E-state index is 0.622.